The summed E-state index contributed by atoms with van der Waals surface area (Å²) in [5, 5.41) is 3.18. The molecule has 1 aromatic carbocycles. The van der Waals surface area contributed by atoms with E-state index in [1.807, 2.05) is 25.1 Å². The summed E-state index contributed by atoms with van der Waals surface area (Å²) >= 11 is 0. The average molecular weight is 348 g/mol. The van der Waals surface area contributed by atoms with Crippen LogP contribution in [0.4, 0.5) is 0 Å². The number of fused-ring (bicyclic) bond motifs is 1. The second-order valence-corrected chi connectivity index (χ2v) is 7.02. The van der Waals surface area contributed by atoms with Crippen LogP contribution in [0.3, 0.4) is 0 Å². The molecule has 2 N–H and O–H groups in total. The Bertz CT molecular complexity index is 894. The molecule has 0 aliphatic carbocycles. The lowest BCUT2D eigenvalue weighted by atomic mass is 10.1. The highest BCUT2D eigenvalue weighted by molar-refractivity contribution is 5.76. The number of rotatable bonds is 5. The normalized spacial score (nSPS) is 16.3. The van der Waals surface area contributed by atoms with Crippen molar-refractivity contribution in [1.29, 1.82) is 0 Å². The maximum Gasteiger partial charge on any atom is 0.220 e. The van der Waals surface area contributed by atoms with E-state index >= 15 is 0 Å². The van der Waals surface area contributed by atoms with E-state index in [1.165, 1.54) is 0 Å². The molecule has 5 nitrogen and oxygen atoms in total. The van der Waals surface area contributed by atoms with Crippen LogP contribution >= 0.6 is 0 Å². The highest BCUT2D eigenvalue weighted by atomic mass is 16.1. The molecule has 0 radical (unpaired) electrons. The molecule has 134 valence electrons. The number of carbonyl (C=O) groups is 1. The number of aromatic nitrogens is 3. The molecule has 5 heteroatoms. The molecule has 3 heterocycles. The molecule has 26 heavy (non-hydrogen) atoms. The van der Waals surface area contributed by atoms with Crippen LogP contribution in [-0.4, -0.2) is 26.5 Å². The zero-order valence-electron chi connectivity index (χ0n) is 15.0. The van der Waals surface area contributed by atoms with Gasteiger partial charge in [0.15, 0.2) is 0 Å². The maximum atomic E-state index is 12.3. The van der Waals surface area contributed by atoms with Gasteiger partial charge in [-0.2, -0.15) is 0 Å². The lowest BCUT2D eigenvalue weighted by molar-refractivity contribution is -0.122. The second-order valence-electron chi connectivity index (χ2n) is 7.02. The Morgan fingerprint density at radius 3 is 2.96 bits per heavy atom. The summed E-state index contributed by atoms with van der Waals surface area (Å²) in [4.78, 5) is 20.3. The van der Waals surface area contributed by atoms with Gasteiger partial charge in [-0.3, -0.25) is 4.79 Å². The lowest BCUT2D eigenvalue weighted by Crippen LogP contribution is -2.41. The molecule has 0 spiro atoms. The molecule has 0 saturated heterocycles. The minimum Gasteiger partial charge on any atom is -0.358 e. The van der Waals surface area contributed by atoms with Crippen LogP contribution in [0.2, 0.25) is 0 Å². The molecular formula is C21H24N4O. The van der Waals surface area contributed by atoms with Crippen molar-refractivity contribution < 1.29 is 4.79 Å². The van der Waals surface area contributed by atoms with Crippen LogP contribution in [0.5, 0.6) is 0 Å². The molecule has 1 atom stereocenters. The Kier molecular flexibility index (Phi) is 4.61. The van der Waals surface area contributed by atoms with Crippen LogP contribution in [0.1, 0.15) is 30.1 Å². The van der Waals surface area contributed by atoms with Crippen molar-refractivity contribution in [3.05, 3.63) is 65.9 Å². The summed E-state index contributed by atoms with van der Waals surface area (Å²) < 4.78 is 2.17. The Labute approximate surface area is 153 Å². The van der Waals surface area contributed by atoms with E-state index in [4.69, 9.17) is 0 Å². The molecule has 1 aliphatic heterocycles. The fraction of sp³-hybridized carbons (Fsp3) is 0.333. The van der Waals surface area contributed by atoms with Gasteiger partial charge in [-0.1, -0.05) is 30.3 Å². The Balaban J connectivity index is 1.29. The van der Waals surface area contributed by atoms with Crippen molar-refractivity contribution in [1.82, 2.24) is 19.9 Å². The van der Waals surface area contributed by atoms with Gasteiger partial charge in [-0.25, -0.2) is 4.98 Å². The number of hydrogen-bond donors (Lipinski definition) is 2. The molecule has 3 aromatic rings. The molecule has 0 bridgehead atoms. The molecular weight excluding hydrogens is 324 g/mol. The first-order valence-corrected chi connectivity index (χ1v) is 9.23. The number of nitrogens with zero attached hydrogens (tertiary/aromatic N) is 2. The SMILES string of the molecule is Cc1cn2c(n1)CC[C@@H](NC(=O)CCc1ccc(-c3ccccc3)[nH]1)C2. The van der Waals surface area contributed by atoms with Gasteiger partial charge < -0.3 is 14.9 Å². The number of aryl methyl sites for hydroxylation is 3. The number of benzene rings is 1. The van der Waals surface area contributed by atoms with Gasteiger partial charge in [0.2, 0.25) is 5.91 Å². The monoisotopic (exact) mass is 348 g/mol. The first-order chi connectivity index (χ1) is 12.7. The number of carbonyl (C=O) groups excluding carboxylic acids is 1. The number of nitrogens with one attached hydrogen (secondary N) is 2. The molecule has 2 aromatic heterocycles. The standard InChI is InChI=1S/C21H24N4O/c1-15-13-25-14-18(8-11-20(25)22-15)24-21(26)12-9-17-7-10-19(23-17)16-5-3-2-4-6-16/h2-7,10,13,18,23H,8-9,11-12,14H2,1H3,(H,24,26)/t18-/m1/s1. The van der Waals surface area contributed by atoms with Gasteiger partial charge in [0.1, 0.15) is 5.82 Å². The average Bonchev–Trinajstić information content (AvgIpc) is 3.26. The predicted octanol–water partition coefficient (Wildman–Crippen LogP) is 3.25. The summed E-state index contributed by atoms with van der Waals surface area (Å²) in [6.45, 7) is 2.83. The third-order valence-corrected chi connectivity index (χ3v) is 4.93. The predicted molar refractivity (Wildman–Crippen MR) is 102 cm³/mol. The maximum absolute atomic E-state index is 12.3. The van der Waals surface area contributed by atoms with Gasteiger partial charge in [-0.15, -0.1) is 0 Å². The number of aromatic amines is 1. The number of hydrogen-bond acceptors (Lipinski definition) is 2. The van der Waals surface area contributed by atoms with E-state index in [1.54, 1.807) is 0 Å². The molecule has 1 aliphatic rings. The lowest BCUT2D eigenvalue weighted by Gasteiger charge is -2.24. The Morgan fingerprint density at radius 2 is 2.12 bits per heavy atom. The summed E-state index contributed by atoms with van der Waals surface area (Å²) in [7, 11) is 0. The number of H-pyrrole nitrogens is 1. The largest absolute Gasteiger partial charge is 0.358 e. The summed E-state index contributed by atoms with van der Waals surface area (Å²) in [5.41, 5.74) is 4.40. The van der Waals surface area contributed by atoms with Crippen molar-refractivity contribution in [3.63, 3.8) is 0 Å². The van der Waals surface area contributed by atoms with E-state index in [9.17, 15) is 4.79 Å². The molecule has 0 unspecified atom stereocenters. The van der Waals surface area contributed by atoms with E-state index in [-0.39, 0.29) is 11.9 Å². The quantitative estimate of drug-likeness (QED) is 0.743. The van der Waals surface area contributed by atoms with Crippen LogP contribution in [-0.2, 0) is 24.2 Å². The Hall–Kier alpha value is -2.82. The topological polar surface area (TPSA) is 62.7 Å². The van der Waals surface area contributed by atoms with E-state index in [2.05, 4.69) is 50.3 Å². The van der Waals surface area contributed by atoms with Crippen molar-refractivity contribution in [3.8, 4) is 11.3 Å². The van der Waals surface area contributed by atoms with Gasteiger partial charge in [0.25, 0.3) is 0 Å². The van der Waals surface area contributed by atoms with Gasteiger partial charge in [-0.05, 0) is 37.5 Å². The van der Waals surface area contributed by atoms with Crippen molar-refractivity contribution in [2.75, 3.05) is 0 Å². The molecule has 1 amide bonds. The zero-order valence-corrected chi connectivity index (χ0v) is 15.0. The first kappa shape index (κ1) is 16.6. The van der Waals surface area contributed by atoms with E-state index in [0.29, 0.717) is 6.42 Å². The van der Waals surface area contributed by atoms with Gasteiger partial charge in [0, 0.05) is 43.0 Å². The highest BCUT2D eigenvalue weighted by Crippen LogP contribution is 2.19. The van der Waals surface area contributed by atoms with Crippen molar-refractivity contribution in [2.24, 2.45) is 0 Å². The van der Waals surface area contributed by atoms with Crippen molar-refractivity contribution >= 4 is 5.91 Å². The summed E-state index contributed by atoms with van der Waals surface area (Å²) in [6, 6.07) is 14.6. The molecule has 4 rings (SSSR count). The van der Waals surface area contributed by atoms with Crippen LogP contribution in [0.25, 0.3) is 11.3 Å². The fourth-order valence-electron chi connectivity index (χ4n) is 3.62. The van der Waals surface area contributed by atoms with Crippen LogP contribution < -0.4 is 5.32 Å². The first-order valence-electron chi connectivity index (χ1n) is 9.23. The van der Waals surface area contributed by atoms with E-state index < -0.39 is 0 Å². The van der Waals surface area contributed by atoms with Gasteiger partial charge in [0.05, 0.1) is 5.69 Å². The van der Waals surface area contributed by atoms with E-state index in [0.717, 1.165) is 54.3 Å². The minimum absolute atomic E-state index is 0.117. The zero-order chi connectivity index (χ0) is 17.9. The minimum atomic E-state index is 0.117. The highest BCUT2D eigenvalue weighted by Gasteiger charge is 2.21. The van der Waals surface area contributed by atoms with Crippen LogP contribution in [0, 0.1) is 6.92 Å². The summed E-state index contributed by atoms with van der Waals surface area (Å²) in [6.07, 6.45) is 5.18. The second kappa shape index (κ2) is 7.20. The third kappa shape index (κ3) is 3.72. The van der Waals surface area contributed by atoms with Gasteiger partial charge >= 0.3 is 0 Å². The summed E-state index contributed by atoms with van der Waals surface area (Å²) in [5.74, 6) is 1.25. The van der Waals surface area contributed by atoms with Crippen LogP contribution in [0.15, 0.2) is 48.7 Å². The van der Waals surface area contributed by atoms with Crippen molar-refractivity contribution in [2.45, 2.75) is 45.2 Å². The Morgan fingerprint density at radius 1 is 1.27 bits per heavy atom. The molecule has 0 fully saturated rings. The number of imidazole rings is 1. The fourth-order valence-corrected chi connectivity index (χ4v) is 3.62. The third-order valence-electron chi connectivity index (χ3n) is 4.93. The smallest absolute Gasteiger partial charge is 0.220 e. The molecule has 0 saturated carbocycles. The number of amides is 1.